The number of hydrogen-bond donors (Lipinski definition) is 1. The molecule has 0 amide bonds. The summed E-state index contributed by atoms with van der Waals surface area (Å²) in [5.41, 5.74) is 0. The van der Waals surface area contributed by atoms with Crippen LogP contribution in [-0.2, 0) is 11.3 Å². The van der Waals surface area contributed by atoms with Crippen molar-refractivity contribution < 1.29 is 4.74 Å². The summed E-state index contributed by atoms with van der Waals surface area (Å²) in [5, 5.41) is 3.98. The number of nitrogens with one attached hydrogen (secondary N) is 1. The van der Waals surface area contributed by atoms with Crippen molar-refractivity contribution in [2.45, 2.75) is 19.9 Å². The first kappa shape index (κ1) is 15.7. The summed E-state index contributed by atoms with van der Waals surface area (Å²) in [5.74, 6) is 0. The molecular weight excluding hydrogens is 288 g/mol. The van der Waals surface area contributed by atoms with Crippen LogP contribution >= 0.6 is 35.2 Å². The molecule has 1 aromatic rings. The summed E-state index contributed by atoms with van der Waals surface area (Å²) in [6.45, 7) is 5.17. The predicted molar refractivity (Wildman–Crippen MR) is 82.5 cm³/mol. The van der Waals surface area contributed by atoms with Crippen molar-refractivity contribution in [3.05, 3.63) is 21.3 Å². The summed E-state index contributed by atoms with van der Waals surface area (Å²) < 4.78 is 6.08. The molecule has 102 valence electrons. The van der Waals surface area contributed by atoms with Gasteiger partial charge >= 0.3 is 0 Å². The molecule has 0 aromatic carbocycles. The van der Waals surface area contributed by atoms with E-state index in [0.29, 0.717) is 0 Å². The van der Waals surface area contributed by atoms with Crippen molar-refractivity contribution in [3.63, 3.8) is 0 Å². The molecule has 1 rings (SSSR count). The molecule has 3 nitrogen and oxygen atoms in total. The smallest absolute Gasteiger partial charge is 0.169 e. The molecule has 0 unspecified atom stereocenters. The monoisotopic (exact) mass is 306 g/mol. The molecule has 0 aliphatic carbocycles. The highest BCUT2D eigenvalue weighted by molar-refractivity contribution is 7.80. The van der Waals surface area contributed by atoms with E-state index in [2.05, 4.69) is 5.32 Å². The second-order valence-corrected chi connectivity index (χ2v) is 6.03. The van der Waals surface area contributed by atoms with Crippen molar-refractivity contribution in [1.29, 1.82) is 0 Å². The first-order valence-electron chi connectivity index (χ1n) is 5.94. The number of hydrogen-bond acceptors (Lipinski definition) is 3. The molecule has 0 saturated heterocycles. The quantitative estimate of drug-likeness (QED) is 0.618. The average molecular weight is 307 g/mol. The SMILES string of the molecule is CCOCCCNC(=S)N(C)Cc1ccc(Cl)s1. The van der Waals surface area contributed by atoms with E-state index in [4.69, 9.17) is 28.6 Å². The minimum Gasteiger partial charge on any atom is -0.382 e. The molecule has 1 aromatic heterocycles. The van der Waals surface area contributed by atoms with Crippen LogP contribution in [0.3, 0.4) is 0 Å². The van der Waals surface area contributed by atoms with Crippen LogP contribution in [0.4, 0.5) is 0 Å². The molecule has 0 radical (unpaired) electrons. The van der Waals surface area contributed by atoms with Gasteiger partial charge in [0.25, 0.3) is 0 Å². The fourth-order valence-electron chi connectivity index (χ4n) is 1.39. The summed E-state index contributed by atoms with van der Waals surface area (Å²) in [4.78, 5) is 3.22. The van der Waals surface area contributed by atoms with Crippen LogP contribution in [-0.4, -0.2) is 36.8 Å². The lowest BCUT2D eigenvalue weighted by Crippen LogP contribution is -2.37. The van der Waals surface area contributed by atoms with Crippen molar-refractivity contribution in [2.75, 3.05) is 26.8 Å². The molecule has 1 heterocycles. The van der Waals surface area contributed by atoms with E-state index in [9.17, 15) is 0 Å². The maximum Gasteiger partial charge on any atom is 0.169 e. The van der Waals surface area contributed by atoms with Crippen LogP contribution in [0, 0.1) is 0 Å². The number of thiocarbonyl (C=S) groups is 1. The Balaban J connectivity index is 2.20. The van der Waals surface area contributed by atoms with Crippen molar-refractivity contribution in [2.24, 2.45) is 0 Å². The number of thiophene rings is 1. The van der Waals surface area contributed by atoms with E-state index in [-0.39, 0.29) is 0 Å². The molecular formula is C12H19ClN2OS2. The second-order valence-electron chi connectivity index (χ2n) is 3.84. The minimum atomic E-state index is 0.760. The molecule has 0 aliphatic rings. The summed E-state index contributed by atoms with van der Waals surface area (Å²) in [7, 11) is 1.98. The Kier molecular flexibility index (Phi) is 7.58. The van der Waals surface area contributed by atoms with Gasteiger partial charge in [0.2, 0.25) is 0 Å². The van der Waals surface area contributed by atoms with Crippen LogP contribution in [0.25, 0.3) is 0 Å². The Morgan fingerprint density at radius 1 is 1.56 bits per heavy atom. The zero-order chi connectivity index (χ0) is 13.4. The highest BCUT2D eigenvalue weighted by Gasteiger charge is 2.06. The van der Waals surface area contributed by atoms with Gasteiger partial charge in [-0.15, -0.1) is 11.3 Å². The highest BCUT2D eigenvalue weighted by Crippen LogP contribution is 2.22. The van der Waals surface area contributed by atoms with Gasteiger partial charge in [-0.05, 0) is 37.7 Å². The number of halogens is 1. The van der Waals surface area contributed by atoms with Gasteiger partial charge in [-0.2, -0.15) is 0 Å². The van der Waals surface area contributed by atoms with E-state index < -0.39 is 0 Å². The van der Waals surface area contributed by atoms with Gasteiger partial charge < -0.3 is 15.0 Å². The Morgan fingerprint density at radius 3 is 2.94 bits per heavy atom. The molecule has 1 N–H and O–H groups in total. The topological polar surface area (TPSA) is 24.5 Å². The Bertz CT molecular complexity index is 371. The fourth-order valence-corrected chi connectivity index (χ4v) is 2.70. The van der Waals surface area contributed by atoms with Gasteiger partial charge in [-0.1, -0.05) is 11.6 Å². The van der Waals surface area contributed by atoms with Crippen LogP contribution in [0.5, 0.6) is 0 Å². The predicted octanol–water partition coefficient (Wildman–Crippen LogP) is 3.13. The summed E-state index contributed by atoms with van der Waals surface area (Å²) in [6.07, 6.45) is 0.965. The standard InChI is InChI=1S/C12H19ClN2OS2/c1-3-16-8-4-7-14-12(17)15(2)9-10-5-6-11(13)18-10/h5-6H,3-4,7-9H2,1-2H3,(H,14,17). The summed E-state index contributed by atoms with van der Waals surface area (Å²) in [6, 6.07) is 3.94. The van der Waals surface area contributed by atoms with Crippen molar-refractivity contribution in [3.8, 4) is 0 Å². The molecule has 0 spiro atoms. The van der Waals surface area contributed by atoms with E-state index in [0.717, 1.165) is 42.2 Å². The first-order chi connectivity index (χ1) is 8.63. The third-order valence-electron chi connectivity index (χ3n) is 2.31. The second kappa shape index (κ2) is 8.69. The van der Waals surface area contributed by atoms with Gasteiger partial charge in [0.05, 0.1) is 10.9 Å². The molecule has 0 saturated carbocycles. The largest absolute Gasteiger partial charge is 0.382 e. The van der Waals surface area contributed by atoms with Crippen LogP contribution in [0.15, 0.2) is 12.1 Å². The van der Waals surface area contributed by atoms with Gasteiger partial charge in [-0.3, -0.25) is 0 Å². The fraction of sp³-hybridized carbons (Fsp3) is 0.583. The van der Waals surface area contributed by atoms with Crippen LogP contribution < -0.4 is 5.32 Å². The number of nitrogens with zero attached hydrogens (tertiary/aromatic N) is 1. The third kappa shape index (κ3) is 6.00. The zero-order valence-electron chi connectivity index (χ0n) is 10.7. The molecule has 0 bridgehead atoms. The molecule has 0 fully saturated rings. The Hall–Kier alpha value is -0.360. The van der Waals surface area contributed by atoms with Crippen LogP contribution in [0.2, 0.25) is 4.34 Å². The third-order valence-corrected chi connectivity index (χ3v) is 3.99. The first-order valence-corrected chi connectivity index (χ1v) is 7.54. The lowest BCUT2D eigenvalue weighted by molar-refractivity contribution is 0.145. The molecule has 0 aliphatic heterocycles. The van der Waals surface area contributed by atoms with Crippen molar-refractivity contribution >= 4 is 40.3 Å². The van der Waals surface area contributed by atoms with Gasteiger partial charge in [0, 0.05) is 31.7 Å². The lowest BCUT2D eigenvalue weighted by atomic mass is 10.4. The van der Waals surface area contributed by atoms with E-state index in [1.54, 1.807) is 11.3 Å². The zero-order valence-corrected chi connectivity index (χ0v) is 13.1. The lowest BCUT2D eigenvalue weighted by Gasteiger charge is -2.20. The highest BCUT2D eigenvalue weighted by atomic mass is 35.5. The van der Waals surface area contributed by atoms with Crippen LogP contribution in [0.1, 0.15) is 18.2 Å². The number of ether oxygens (including phenoxy) is 1. The molecule has 6 heteroatoms. The molecule has 18 heavy (non-hydrogen) atoms. The number of rotatable bonds is 7. The Morgan fingerprint density at radius 2 is 2.33 bits per heavy atom. The van der Waals surface area contributed by atoms with E-state index in [1.165, 1.54) is 4.88 Å². The van der Waals surface area contributed by atoms with E-state index >= 15 is 0 Å². The van der Waals surface area contributed by atoms with Crippen molar-refractivity contribution in [1.82, 2.24) is 10.2 Å². The molecule has 0 atom stereocenters. The maximum absolute atomic E-state index is 5.89. The van der Waals surface area contributed by atoms with Gasteiger partial charge in [0.1, 0.15) is 0 Å². The van der Waals surface area contributed by atoms with Gasteiger partial charge in [0.15, 0.2) is 5.11 Å². The normalized spacial score (nSPS) is 10.4. The minimum absolute atomic E-state index is 0.760. The Labute approximate surface area is 123 Å². The average Bonchev–Trinajstić information content (AvgIpc) is 2.74. The summed E-state index contributed by atoms with van der Waals surface area (Å²) >= 11 is 12.8. The maximum atomic E-state index is 5.89. The van der Waals surface area contributed by atoms with E-state index in [1.807, 2.05) is 31.0 Å². The van der Waals surface area contributed by atoms with Gasteiger partial charge in [-0.25, -0.2) is 0 Å².